The van der Waals surface area contributed by atoms with Crippen LogP contribution in [0, 0.1) is 0 Å². The second-order valence-corrected chi connectivity index (χ2v) is 8.52. The third-order valence-corrected chi connectivity index (χ3v) is 6.16. The van der Waals surface area contributed by atoms with Crippen LogP contribution in [0.2, 0.25) is 0 Å². The van der Waals surface area contributed by atoms with Gasteiger partial charge < -0.3 is 72.5 Å². The van der Waals surface area contributed by atoms with Gasteiger partial charge in [0.05, 0.1) is 18.8 Å². The Morgan fingerprint density at radius 1 is 0.812 bits per heavy atom. The number of hydrogen-bond acceptors (Lipinski definition) is 14. The monoisotopic (exact) mass is 466 g/mol. The largest absolute Gasteiger partial charge is 0.400 e. The van der Waals surface area contributed by atoms with E-state index < -0.39 is 92.2 Å². The number of rotatable bonds is 6. The molecule has 2 aliphatic heterocycles. The minimum atomic E-state index is -1.52. The van der Waals surface area contributed by atoms with E-state index >= 15 is 0 Å². The summed E-state index contributed by atoms with van der Waals surface area (Å²) in [4.78, 5) is 0. The Bertz CT molecular complexity index is 659. The maximum absolute atomic E-state index is 10.7. The lowest BCUT2D eigenvalue weighted by molar-refractivity contribution is -0.309. The van der Waals surface area contributed by atoms with Crippen molar-refractivity contribution in [3.8, 4) is 0 Å². The summed E-state index contributed by atoms with van der Waals surface area (Å²) in [6, 6.07) is -2.82. The van der Waals surface area contributed by atoms with Crippen LogP contribution < -0.4 is 22.9 Å². The summed E-state index contributed by atoms with van der Waals surface area (Å²) in [7, 11) is 0. The van der Waals surface area contributed by atoms with Crippen LogP contribution in [0.4, 0.5) is 0 Å². The number of nitrogens with two attached hydrogens (primary N) is 4. The van der Waals surface area contributed by atoms with E-state index in [9.17, 15) is 30.6 Å². The van der Waals surface area contributed by atoms with E-state index in [0.717, 1.165) is 0 Å². The number of ether oxygens (including phenoxy) is 4. The van der Waals surface area contributed by atoms with Crippen molar-refractivity contribution in [3.05, 3.63) is 12.3 Å². The van der Waals surface area contributed by atoms with E-state index in [-0.39, 0.29) is 12.1 Å². The van der Waals surface area contributed by atoms with Crippen molar-refractivity contribution in [2.45, 2.75) is 92.1 Å². The van der Waals surface area contributed by atoms with Crippen LogP contribution in [0.3, 0.4) is 0 Å². The summed E-state index contributed by atoms with van der Waals surface area (Å²) in [6.45, 7) is 2.88. The molecule has 14 N–H and O–H groups in total. The van der Waals surface area contributed by atoms with Gasteiger partial charge in [0, 0.05) is 17.8 Å². The summed E-state index contributed by atoms with van der Waals surface area (Å²) in [5.41, 5.74) is 23.6. The fraction of sp³-hybridized carbons (Fsp3) is 0.889. The molecule has 0 aromatic rings. The van der Waals surface area contributed by atoms with Crippen molar-refractivity contribution in [2.75, 3.05) is 6.61 Å². The first-order chi connectivity index (χ1) is 15.0. The lowest BCUT2D eigenvalue weighted by atomic mass is 9.84. The van der Waals surface area contributed by atoms with Gasteiger partial charge in [-0.3, -0.25) is 0 Å². The van der Waals surface area contributed by atoms with Crippen LogP contribution in [0.15, 0.2) is 12.3 Å². The molecule has 0 aromatic heterocycles. The van der Waals surface area contributed by atoms with Crippen LogP contribution in [-0.4, -0.2) is 123 Å². The predicted octanol–water partition coefficient (Wildman–Crippen LogP) is -6.14. The molecule has 0 spiro atoms. The normalized spacial score (nSPS) is 52.2. The number of aliphatic hydroxyl groups is 6. The molecule has 1 aliphatic carbocycles. The van der Waals surface area contributed by atoms with Crippen molar-refractivity contribution in [3.63, 3.8) is 0 Å². The van der Waals surface area contributed by atoms with Gasteiger partial charge in [0.1, 0.15) is 48.8 Å². The average Bonchev–Trinajstić information content (AvgIpc) is 3.03. The van der Waals surface area contributed by atoms with Crippen molar-refractivity contribution in [1.29, 1.82) is 0 Å². The molecular formula is C18H34N4O10. The van der Waals surface area contributed by atoms with E-state index in [4.69, 9.17) is 41.9 Å². The predicted molar refractivity (Wildman–Crippen MR) is 106 cm³/mol. The summed E-state index contributed by atoms with van der Waals surface area (Å²) >= 11 is 0. The minimum absolute atomic E-state index is 0.0304. The molecule has 1 saturated carbocycles. The first kappa shape index (κ1) is 25.6. The Kier molecular flexibility index (Phi) is 8.10. The molecule has 2 saturated heterocycles. The van der Waals surface area contributed by atoms with Gasteiger partial charge in [-0.25, -0.2) is 0 Å². The van der Waals surface area contributed by atoms with Crippen LogP contribution in [-0.2, 0) is 18.9 Å². The topological polar surface area (TPSA) is 262 Å². The van der Waals surface area contributed by atoms with Gasteiger partial charge in [0.2, 0.25) is 0 Å². The van der Waals surface area contributed by atoms with Crippen molar-refractivity contribution in [1.82, 2.24) is 0 Å². The molecule has 14 unspecified atom stereocenters. The molecule has 3 aliphatic rings. The van der Waals surface area contributed by atoms with Crippen LogP contribution in [0.1, 0.15) is 6.42 Å². The highest BCUT2D eigenvalue weighted by Crippen LogP contribution is 2.32. The van der Waals surface area contributed by atoms with E-state index in [0.29, 0.717) is 0 Å². The summed E-state index contributed by atoms with van der Waals surface area (Å²) in [6.07, 6.45) is -14.4. The van der Waals surface area contributed by atoms with Gasteiger partial charge in [0.25, 0.3) is 0 Å². The van der Waals surface area contributed by atoms with Gasteiger partial charge in [-0.15, -0.1) is 0 Å². The van der Waals surface area contributed by atoms with E-state index in [1.807, 2.05) is 0 Å². The molecular weight excluding hydrogens is 432 g/mol. The zero-order chi connectivity index (χ0) is 23.9. The lowest BCUT2D eigenvalue weighted by Gasteiger charge is -2.47. The van der Waals surface area contributed by atoms with Gasteiger partial charge in [0.15, 0.2) is 12.6 Å². The van der Waals surface area contributed by atoms with E-state index in [1.54, 1.807) is 0 Å². The summed E-state index contributed by atoms with van der Waals surface area (Å²) < 4.78 is 22.5. The van der Waals surface area contributed by atoms with Crippen molar-refractivity contribution < 1.29 is 49.6 Å². The molecule has 0 aromatic carbocycles. The van der Waals surface area contributed by atoms with Gasteiger partial charge in [-0.05, 0) is 6.42 Å². The molecule has 0 radical (unpaired) electrons. The fourth-order valence-corrected chi connectivity index (χ4v) is 4.21. The van der Waals surface area contributed by atoms with Crippen LogP contribution in [0.5, 0.6) is 0 Å². The maximum Gasteiger partial charge on any atom is 0.187 e. The third kappa shape index (κ3) is 4.78. The summed E-state index contributed by atoms with van der Waals surface area (Å²) in [5, 5.41) is 60.6. The SMILES string of the molecule is C=C(N)C1OC(OC2C(O)C(N)CC(N)C2OC2OC(CO)C(O)C(O)C2N)C(O)C1O. The lowest BCUT2D eigenvalue weighted by Crippen LogP contribution is -2.68. The van der Waals surface area contributed by atoms with Gasteiger partial charge in [-0.1, -0.05) is 6.58 Å². The quantitative estimate of drug-likeness (QED) is 0.175. The number of aliphatic hydroxyl groups excluding tert-OH is 6. The maximum atomic E-state index is 10.7. The Labute approximate surface area is 184 Å². The minimum Gasteiger partial charge on any atom is -0.400 e. The number of hydrogen-bond donors (Lipinski definition) is 10. The highest BCUT2D eigenvalue weighted by molar-refractivity contribution is 5.07. The highest BCUT2D eigenvalue weighted by Gasteiger charge is 2.52. The van der Waals surface area contributed by atoms with Crippen LogP contribution in [0.25, 0.3) is 0 Å². The standard InChI is InChI=1S/C18H34N4O10/c1-4(19)14-12(27)13(28)18(30-14)32-16-9(24)5(20)2-6(21)15(16)31-17-8(22)11(26)10(25)7(3-23)29-17/h5-18,23-28H,1-3,19-22H2. The molecule has 14 heteroatoms. The van der Waals surface area contributed by atoms with Crippen LogP contribution >= 0.6 is 0 Å². The first-order valence-electron chi connectivity index (χ1n) is 10.3. The van der Waals surface area contributed by atoms with Gasteiger partial charge >= 0.3 is 0 Å². The highest BCUT2D eigenvalue weighted by atomic mass is 16.7. The van der Waals surface area contributed by atoms with E-state index in [1.165, 1.54) is 0 Å². The fourth-order valence-electron chi connectivity index (χ4n) is 4.21. The molecule has 14 atom stereocenters. The molecule has 0 bridgehead atoms. The second kappa shape index (κ2) is 10.1. The molecule has 186 valence electrons. The molecule has 0 amide bonds. The average molecular weight is 466 g/mol. The summed E-state index contributed by atoms with van der Waals surface area (Å²) in [5.74, 6) is 0. The van der Waals surface area contributed by atoms with Crippen molar-refractivity contribution >= 4 is 0 Å². The molecule has 32 heavy (non-hydrogen) atoms. The van der Waals surface area contributed by atoms with Gasteiger partial charge in [-0.2, -0.15) is 0 Å². The molecule has 2 heterocycles. The zero-order valence-electron chi connectivity index (χ0n) is 17.3. The molecule has 3 rings (SSSR count). The Morgan fingerprint density at radius 2 is 1.44 bits per heavy atom. The Hall–Kier alpha value is -0.980. The smallest absolute Gasteiger partial charge is 0.187 e. The molecule has 3 fully saturated rings. The second-order valence-electron chi connectivity index (χ2n) is 8.52. The van der Waals surface area contributed by atoms with E-state index in [2.05, 4.69) is 6.58 Å². The first-order valence-corrected chi connectivity index (χ1v) is 10.3. The Balaban J connectivity index is 1.79. The third-order valence-electron chi connectivity index (χ3n) is 6.16. The van der Waals surface area contributed by atoms with Crippen molar-refractivity contribution in [2.24, 2.45) is 22.9 Å². The zero-order valence-corrected chi connectivity index (χ0v) is 17.3. The Morgan fingerprint density at radius 3 is 2.00 bits per heavy atom. The molecule has 14 nitrogen and oxygen atoms in total.